The molecule has 0 spiro atoms. The summed E-state index contributed by atoms with van der Waals surface area (Å²) in [5.41, 5.74) is 0.164. The number of H-pyrrole nitrogens is 1. The summed E-state index contributed by atoms with van der Waals surface area (Å²) in [5, 5.41) is 12.3. The summed E-state index contributed by atoms with van der Waals surface area (Å²) in [5.74, 6) is -0.879. The number of carbonyl (C=O) groups is 1. The van der Waals surface area contributed by atoms with Crippen molar-refractivity contribution < 1.29 is 22.5 Å². The molecule has 0 atom stereocenters. The van der Waals surface area contributed by atoms with Crippen molar-refractivity contribution in [2.75, 3.05) is 6.61 Å². The van der Waals surface area contributed by atoms with E-state index in [4.69, 9.17) is 4.74 Å². The van der Waals surface area contributed by atoms with Gasteiger partial charge in [-0.05, 0) is 37.3 Å². The Kier molecular flexibility index (Phi) is 6.20. The van der Waals surface area contributed by atoms with Crippen molar-refractivity contribution in [2.24, 2.45) is 0 Å². The molecule has 0 aliphatic rings. The third kappa shape index (κ3) is 4.63. The minimum atomic E-state index is -4.64. The van der Waals surface area contributed by atoms with E-state index in [-0.39, 0.29) is 23.4 Å². The Morgan fingerprint density at radius 1 is 1.19 bits per heavy atom. The molecule has 0 bridgehead atoms. The van der Waals surface area contributed by atoms with Crippen LogP contribution in [0.5, 0.6) is 0 Å². The number of rotatable bonds is 6. The lowest BCUT2D eigenvalue weighted by molar-refractivity contribution is -0.137. The number of aromatic nitrogens is 2. The van der Waals surface area contributed by atoms with Gasteiger partial charge in [-0.2, -0.15) is 5.26 Å². The maximum Gasteiger partial charge on any atom is 0.348 e. The van der Waals surface area contributed by atoms with Crippen LogP contribution >= 0.6 is 0 Å². The molecule has 0 fully saturated rings. The first-order valence-corrected chi connectivity index (χ1v) is 10.4. The number of carbonyl (C=O) groups excluding carboxylic acids is 1. The zero-order valence-corrected chi connectivity index (χ0v) is 17.0. The lowest BCUT2D eigenvalue weighted by atomic mass is 10.1. The van der Waals surface area contributed by atoms with Crippen molar-refractivity contribution in [3.63, 3.8) is 0 Å². The topological polar surface area (TPSA) is 145 Å². The number of esters is 1. The van der Waals surface area contributed by atoms with E-state index in [0.29, 0.717) is 11.3 Å². The van der Waals surface area contributed by atoms with Crippen LogP contribution in [0.3, 0.4) is 0 Å². The zero-order valence-electron chi connectivity index (χ0n) is 16.2. The summed E-state index contributed by atoms with van der Waals surface area (Å²) in [6.45, 7) is 1.64. The Bertz CT molecular complexity index is 1340. The SMILES string of the molecule is CCOC(=O)/C(C#N)=C/c1c(-c2ccc(S(=O)(=O)[O-])cc2)[nH]n(-c2ccccc2)c1=O. The molecule has 0 aliphatic heterocycles. The van der Waals surface area contributed by atoms with Gasteiger partial charge < -0.3 is 9.29 Å². The van der Waals surface area contributed by atoms with Crippen LogP contribution in [0, 0.1) is 11.3 Å². The van der Waals surface area contributed by atoms with Crippen LogP contribution in [0.4, 0.5) is 0 Å². The van der Waals surface area contributed by atoms with E-state index in [2.05, 4.69) is 5.10 Å². The molecular formula is C21H16N3O6S-. The summed E-state index contributed by atoms with van der Waals surface area (Å²) in [6, 6.07) is 15.2. The van der Waals surface area contributed by atoms with Gasteiger partial charge in [-0.25, -0.2) is 17.9 Å². The molecule has 0 saturated heterocycles. The van der Waals surface area contributed by atoms with Gasteiger partial charge in [-0.1, -0.05) is 30.3 Å². The van der Waals surface area contributed by atoms with Crippen LogP contribution in [0.1, 0.15) is 12.5 Å². The molecule has 158 valence electrons. The summed E-state index contributed by atoms with van der Waals surface area (Å²) in [4.78, 5) is 24.7. The van der Waals surface area contributed by atoms with Gasteiger partial charge in [0.1, 0.15) is 21.8 Å². The molecule has 0 amide bonds. The van der Waals surface area contributed by atoms with Gasteiger partial charge in [0.05, 0.1) is 28.4 Å². The van der Waals surface area contributed by atoms with Gasteiger partial charge in [0.15, 0.2) is 0 Å². The fourth-order valence-corrected chi connectivity index (χ4v) is 3.31. The van der Waals surface area contributed by atoms with Gasteiger partial charge in [-0.15, -0.1) is 0 Å². The molecule has 0 saturated carbocycles. The normalized spacial score (nSPS) is 11.7. The number of para-hydroxylation sites is 1. The molecule has 10 heteroatoms. The Balaban J connectivity index is 2.24. The molecule has 1 heterocycles. The number of hydrogen-bond donors (Lipinski definition) is 1. The number of nitriles is 1. The second kappa shape index (κ2) is 8.83. The summed E-state index contributed by atoms with van der Waals surface area (Å²) < 4.78 is 39.7. The highest BCUT2D eigenvalue weighted by atomic mass is 32.2. The van der Waals surface area contributed by atoms with Crippen LogP contribution in [0.15, 0.2) is 69.9 Å². The number of aromatic amines is 1. The first-order valence-electron chi connectivity index (χ1n) is 9.02. The van der Waals surface area contributed by atoms with Crippen LogP contribution in [-0.4, -0.2) is 35.3 Å². The highest BCUT2D eigenvalue weighted by molar-refractivity contribution is 7.85. The molecular weight excluding hydrogens is 422 g/mol. The molecule has 1 aromatic heterocycles. The maximum absolute atomic E-state index is 13.1. The van der Waals surface area contributed by atoms with Gasteiger partial charge in [0.2, 0.25) is 0 Å². The van der Waals surface area contributed by atoms with Crippen LogP contribution in [-0.2, 0) is 19.6 Å². The van der Waals surface area contributed by atoms with E-state index < -0.39 is 26.5 Å². The van der Waals surface area contributed by atoms with Gasteiger partial charge in [0.25, 0.3) is 5.56 Å². The van der Waals surface area contributed by atoms with Crippen molar-refractivity contribution in [3.8, 4) is 23.0 Å². The monoisotopic (exact) mass is 438 g/mol. The first kappa shape index (κ1) is 21.8. The first-order chi connectivity index (χ1) is 14.8. The van der Waals surface area contributed by atoms with Gasteiger partial charge in [-0.3, -0.25) is 9.89 Å². The van der Waals surface area contributed by atoms with E-state index in [1.807, 2.05) is 0 Å². The number of nitrogens with zero attached hydrogens (tertiary/aromatic N) is 2. The molecule has 3 rings (SSSR count). The second-order valence-electron chi connectivity index (χ2n) is 6.25. The third-order valence-corrected chi connectivity index (χ3v) is 5.13. The fraction of sp³-hybridized carbons (Fsp3) is 0.0952. The Hall–Kier alpha value is -3.94. The molecule has 2 aromatic carbocycles. The molecule has 3 aromatic rings. The zero-order chi connectivity index (χ0) is 22.6. The lowest BCUT2D eigenvalue weighted by Gasteiger charge is -2.08. The fourth-order valence-electron chi connectivity index (χ4n) is 2.84. The van der Waals surface area contributed by atoms with Crippen molar-refractivity contribution in [1.82, 2.24) is 9.78 Å². The van der Waals surface area contributed by atoms with E-state index in [0.717, 1.165) is 18.2 Å². The maximum atomic E-state index is 13.1. The summed E-state index contributed by atoms with van der Waals surface area (Å²) in [7, 11) is -4.64. The second-order valence-corrected chi connectivity index (χ2v) is 7.63. The smallest absolute Gasteiger partial charge is 0.348 e. The number of ether oxygens (including phenoxy) is 1. The molecule has 0 radical (unpaired) electrons. The molecule has 31 heavy (non-hydrogen) atoms. The molecule has 9 nitrogen and oxygen atoms in total. The van der Waals surface area contributed by atoms with Gasteiger partial charge in [0, 0.05) is 5.56 Å². The Morgan fingerprint density at radius 3 is 2.39 bits per heavy atom. The van der Waals surface area contributed by atoms with Crippen molar-refractivity contribution in [2.45, 2.75) is 11.8 Å². The highest BCUT2D eigenvalue weighted by Gasteiger charge is 2.19. The van der Waals surface area contributed by atoms with E-state index in [9.17, 15) is 27.8 Å². The van der Waals surface area contributed by atoms with Crippen LogP contribution in [0.25, 0.3) is 23.0 Å². The summed E-state index contributed by atoms with van der Waals surface area (Å²) in [6.07, 6.45) is 1.11. The number of benzene rings is 2. The summed E-state index contributed by atoms with van der Waals surface area (Å²) >= 11 is 0. The van der Waals surface area contributed by atoms with Crippen molar-refractivity contribution in [3.05, 3.63) is 76.1 Å². The van der Waals surface area contributed by atoms with Crippen LogP contribution in [0.2, 0.25) is 0 Å². The molecule has 0 unspecified atom stereocenters. The predicted molar refractivity (Wildman–Crippen MR) is 110 cm³/mol. The van der Waals surface area contributed by atoms with E-state index >= 15 is 0 Å². The van der Waals surface area contributed by atoms with Gasteiger partial charge >= 0.3 is 5.97 Å². The lowest BCUT2D eigenvalue weighted by Crippen LogP contribution is -2.16. The number of hydrogen-bond acceptors (Lipinski definition) is 7. The predicted octanol–water partition coefficient (Wildman–Crippen LogP) is 2.21. The van der Waals surface area contributed by atoms with Crippen molar-refractivity contribution >= 4 is 22.2 Å². The van der Waals surface area contributed by atoms with Crippen LogP contribution < -0.4 is 5.56 Å². The highest BCUT2D eigenvalue weighted by Crippen LogP contribution is 2.24. The van der Waals surface area contributed by atoms with E-state index in [1.165, 1.54) is 16.8 Å². The van der Waals surface area contributed by atoms with Crippen molar-refractivity contribution in [1.29, 1.82) is 5.26 Å². The standard InChI is InChI=1S/C21H17N3O6S/c1-2-30-21(26)15(13-22)12-18-19(14-8-10-17(11-9-14)31(27,28)29)23-24(20(18)25)16-6-4-3-5-7-16/h3-12,23H,2H2,1H3,(H,27,28,29)/p-1/b15-12+. The quantitative estimate of drug-likeness (QED) is 0.269. The largest absolute Gasteiger partial charge is 0.744 e. The molecule has 1 N–H and O–H groups in total. The molecule has 0 aliphatic carbocycles. The minimum absolute atomic E-state index is 0.00816. The van der Waals surface area contributed by atoms with E-state index in [1.54, 1.807) is 43.3 Å². The average Bonchev–Trinajstić information content (AvgIpc) is 3.08. The average molecular weight is 438 g/mol. The minimum Gasteiger partial charge on any atom is -0.744 e. The third-order valence-electron chi connectivity index (χ3n) is 4.28. The number of nitrogens with one attached hydrogen (secondary N) is 1. The Morgan fingerprint density at radius 2 is 1.84 bits per heavy atom. The Labute approximate surface area is 177 Å².